The highest BCUT2D eigenvalue weighted by Gasteiger charge is 2.14. The molecule has 0 fully saturated rings. The van der Waals surface area contributed by atoms with Crippen LogP contribution in [0.2, 0.25) is 0 Å². The highest BCUT2D eigenvalue weighted by Crippen LogP contribution is 2.10. The second-order valence-corrected chi connectivity index (χ2v) is 4.39. The average molecular weight is 237 g/mol. The second kappa shape index (κ2) is 6.46. The smallest absolute Gasteiger partial charge is 0.319 e. The Labute approximate surface area is 82.8 Å². The van der Waals surface area contributed by atoms with Crippen LogP contribution in [0.4, 0.5) is 0 Å². The number of carbonyl (C=O) groups is 1. The van der Waals surface area contributed by atoms with E-state index in [-0.39, 0.29) is 10.8 Å². The predicted octanol–water partition coefficient (Wildman–Crippen LogP) is 2.75. The lowest BCUT2D eigenvalue weighted by Crippen LogP contribution is -2.19. The van der Waals surface area contributed by atoms with E-state index in [9.17, 15) is 4.79 Å². The molecule has 0 heterocycles. The maximum absolute atomic E-state index is 11.2. The van der Waals surface area contributed by atoms with E-state index in [1.807, 2.05) is 20.8 Å². The van der Waals surface area contributed by atoms with Gasteiger partial charge in [0.2, 0.25) is 0 Å². The van der Waals surface area contributed by atoms with Crippen LogP contribution in [0.5, 0.6) is 0 Å². The third-order valence-corrected chi connectivity index (χ3v) is 2.19. The van der Waals surface area contributed by atoms with Crippen LogP contribution in [0.3, 0.4) is 0 Å². The van der Waals surface area contributed by atoms with E-state index in [4.69, 9.17) is 4.74 Å². The highest BCUT2D eigenvalue weighted by atomic mass is 79.9. The molecule has 0 rings (SSSR count). The van der Waals surface area contributed by atoms with Crippen molar-refractivity contribution in [3.8, 4) is 0 Å². The zero-order valence-corrected chi connectivity index (χ0v) is 9.56. The van der Waals surface area contributed by atoms with Crippen molar-refractivity contribution in [3.05, 3.63) is 0 Å². The zero-order chi connectivity index (χ0) is 9.56. The molecule has 0 radical (unpaired) electrons. The topological polar surface area (TPSA) is 26.3 Å². The predicted molar refractivity (Wildman–Crippen MR) is 53.4 cm³/mol. The molecule has 12 heavy (non-hydrogen) atoms. The number of alkyl halides is 1. The Morgan fingerprint density at radius 2 is 2.08 bits per heavy atom. The van der Waals surface area contributed by atoms with Gasteiger partial charge in [-0.3, -0.25) is 4.79 Å². The van der Waals surface area contributed by atoms with Gasteiger partial charge in [0.15, 0.2) is 0 Å². The molecule has 0 N–H and O–H groups in total. The van der Waals surface area contributed by atoms with Crippen molar-refractivity contribution in [3.63, 3.8) is 0 Å². The highest BCUT2D eigenvalue weighted by molar-refractivity contribution is 9.10. The van der Waals surface area contributed by atoms with Crippen LogP contribution in [0, 0.1) is 5.92 Å². The van der Waals surface area contributed by atoms with Gasteiger partial charge in [-0.1, -0.05) is 43.1 Å². The fourth-order valence-electron chi connectivity index (χ4n) is 0.711. The van der Waals surface area contributed by atoms with Gasteiger partial charge in [-0.05, 0) is 12.3 Å². The Morgan fingerprint density at radius 1 is 1.50 bits per heavy atom. The summed E-state index contributed by atoms with van der Waals surface area (Å²) in [4.78, 5) is 11.0. The third kappa shape index (κ3) is 5.58. The molecule has 0 aliphatic heterocycles. The first-order chi connectivity index (χ1) is 5.57. The summed E-state index contributed by atoms with van der Waals surface area (Å²) in [6.45, 7) is 6.61. The minimum absolute atomic E-state index is 0.124. The molecule has 0 saturated heterocycles. The Bertz CT molecular complexity index is 134. The monoisotopic (exact) mass is 236 g/mol. The molecule has 1 atom stereocenters. The van der Waals surface area contributed by atoms with Crippen LogP contribution >= 0.6 is 15.9 Å². The van der Waals surface area contributed by atoms with E-state index in [0.29, 0.717) is 12.5 Å². The van der Waals surface area contributed by atoms with Crippen LogP contribution in [-0.2, 0) is 9.53 Å². The first kappa shape index (κ1) is 11.9. The van der Waals surface area contributed by atoms with E-state index in [0.717, 1.165) is 12.8 Å². The van der Waals surface area contributed by atoms with Crippen molar-refractivity contribution in [1.29, 1.82) is 0 Å². The fraction of sp³-hybridized carbons (Fsp3) is 0.889. The molecule has 0 spiro atoms. The summed E-state index contributed by atoms with van der Waals surface area (Å²) < 4.78 is 5.03. The summed E-state index contributed by atoms with van der Waals surface area (Å²) >= 11 is 3.28. The number of halogens is 1. The second-order valence-electron chi connectivity index (χ2n) is 3.28. The van der Waals surface area contributed by atoms with Crippen molar-refractivity contribution in [2.45, 2.75) is 38.4 Å². The number of esters is 1. The zero-order valence-electron chi connectivity index (χ0n) is 7.97. The molecule has 0 saturated carbocycles. The molecule has 0 aromatic rings. The van der Waals surface area contributed by atoms with Gasteiger partial charge in [0.1, 0.15) is 4.83 Å². The summed E-state index contributed by atoms with van der Waals surface area (Å²) in [5, 5.41) is 0. The summed E-state index contributed by atoms with van der Waals surface area (Å²) in [6, 6.07) is 0. The van der Waals surface area contributed by atoms with Crippen molar-refractivity contribution in [1.82, 2.24) is 0 Å². The molecule has 0 aliphatic carbocycles. The number of carbonyl (C=O) groups excluding carboxylic acids is 1. The van der Waals surface area contributed by atoms with E-state index >= 15 is 0 Å². The number of ether oxygens (including phenoxy) is 1. The fourth-order valence-corrected chi connectivity index (χ4v) is 1.30. The van der Waals surface area contributed by atoms with Crippen molar-refractivity contribution in [2.24, 2.45) is 5.92 Å². The molecule has 3 heteroatoms. The molecule has 0 amide bonds. The molecule has 1 unspecified atom stereocenters. The lowest BCUT2D eigenvalue weighted by Gasteiger charge is -2.10. The standard InChI is InChI=1S/C9H17BrO2/c1-4-5-8(10)9(11)12-6-7(2)3/h7-8H,4-6H2,1-3H3. The van der Waals surface area contributed by atoms with Gasteiger partial charge in [-0.2, -0.15) is 0 Å². The molecule has 0 aromatic heterocycles. The SMILES string of the molecule is CCCC(Br)C(=O)OCC(C)C. The van der Waals surface area contributed by atoms with Gasteiger partial charge in [0.05, 0.1) is 6.61 Å². The van der Waals surface area contributed by atoms with Crippen molar-refractivity contribution in [2.75, 3.05) is 6.61 Å². The Balaban J connectivity index is 3.57. The van der Waals surface area contributed by atoms with Gasteiger partial charge in [-0.25, -0.2) is 0 Å². The molecular formula is C9H17BrO2. The van der Waals surface area contributed by atoms with Crippen LogP contribution in [0.15, 0.2) is 0 Å². The lowest BCUT2D eigenvalue weighted by molar-refractivity contribution is -0.144. The van der Waals surface area contributed by atoms with Gasteiger partial charge in [0, 0.05) is 0 Å². The third-order valence-electron chi connectivity index (χ3n) is 1.36. The first-order valence-corrected chi connectivity index (χ1v) is 5.30. The summed E-state index contributed by atoms with van der Waals surface area (Å²) in [5.41, 5.74) is 0. The maximum atomic E-state index is 11.2. The van der Waals surface area contributed by atoms with E-state index in [1.54, 1.807) is 0 Å². The van der Waals surface area contributed by atoms with E-state index < -0.39 is 0 Å². The number of rotatable bonds is 5. The van der Waals surface area contributed by atoms with Gasteiger partial charge < -0.3 is 4.74 Å². The molecule has 0 bridgehead atoms. The summed E-state index contributed by atoms with van der Waals surface area (Å²) in [6.07, 6.45) is 1.84. The van der Waals surface area contributed by atoms with E-state index in [1.165, 1.54) is 0 Å². The van der Waals surface area contributed by atoms with Gasteiger partial charge in [-0.15, -0.1) is 0 Å². The Kier molecular flexibility index (Phi) is 6.44. The molecule has 72 valence electrons. The van der Waals surface area contributed by atoms with E-state index in [2.05, 4.69) is 15.9 Å². The molecular weight excluding hydrogens is 220 g/mol. The molecule has 0 aromatic carbocycles. The average Bonchev–Trinajstić information content (AvgIpc) is 2.00. The Morgan fingerprint density at radius 3 is 2.50 bits per heavy atom. The van der Waals surface area contributed by atoms with Crippen LogP contribution in [0.25, 0.3) is 0 Å². The van der Waals surface area contributed by atoms with Crippen molar-refractivity contribution >= 4 is 21.9 Å². The number of hydrogen-bond donors (Lipinski definition) is 0. The Hall–Kier alpha value is -0.0500. The summed E-state index contributed by atoms with van der Waals surface area (Å²) in [5.74, 6) is 0.279. The number of hydrogen-bond acceptors (Lipinski definition) is 2. The summed E-state index contributed by atoms with van der Waals surface area (Å²) in [7, 11) is 0. The minimum atomic E-state index is -0.134. The van der Waals surface area contributed by atoms with Crippen molar-refractivity contribution < 1.29 is 9.53 Å². The lowest BCUT2D eigenvalue weighted by atomic mass is 10.2. The maximum Gasteiger partial charge on any atom is 0.319 e. The minimum Gasteiger partial charge on any atom is -0.465 e. The van der Waals surface area contributed by atoms with Crippen LogP contribution < -0.4 is 0 Å². The molecule has 2 nitrogen and oxygen atoms in total. The van der Waals surface area contributed by atoms with Crippen LogP contribution in [0.1, 0.15) is 33.6 Å². The van der Waals surface area contributed by atoms with Gasteiger partial charge >= 0.3 is 5.97 Å². The normalized spacial score (nSPS) is 13.1. The van der Waals surface area contributed by atoms with Gasteiger partial charge in [0.25, 0.3) is 0 Å². The van der Waals surface area contributed by atoms with Crippen LogP contribution in [-0.4, -0.2) is 17.4 Å². The quantitative estimate of drug-likeness (QED) is 0.542. The first-order valence-electron chi connectivity index (χ1n) is 4.38. The molecule has 0 aliphatic rings. The largest absolute Gasteiger partial charge is 0.465 e.